The lowest BCUT2D eigenvalue weighted by molar-refractivity contribution is 0.144. The quantitative estimate of drug-likeness (QED) is 0.748. The molecule has 0 aromatic heterocycles. The van der Waals surface area contributed by atoms with Crippen molar-refractivity contribution in [2.45, 2.75) is 31.8 Å². The van der Waals surface area contributed by atoms with Crippen molar-refractivity contribution in [3.05, 3.63) is 0 Å². The summed E-state index contributed by atoms with van der Waals surface area (Å²) >= 11 is 0. The summed E-state index contributed by atoms with van der Waals surface area (Å²) in [6, 6.07) is 0.566. The Morgan fingerprint density at radius 1 is 1.50 bits per heavy atom. The summed E-state index contributed by atoms with van der Waals surface area (Å²) in [5.41, 5.74) is 5.64. The van der Waals surface area contributed by atoms with E-state index in [4.69, 9.17) is 10.5 Å². The monoisotopic (exact) mass is 227 g/mol. The van der Waals surface area contributed by atoms with Crippen LogP contribution in [0.25, 0.3) is 0 Å². The van der Waals surface area contributed by atoms with Crippen molar-refractivity contribution in [2.75, 3.05) is 32.8 Å². The summed E-state index contributed by atoms with van der Waals surface area (Å²) in [7, 11) is 0. The molecule has 0 saturated carbocycles. The molecule has 1 amide bonds. The Balaban J connectivity index is 1.94. The molecule has 2 atom stereocenters. The fraction of sp³-hybridized carbons (Fsp3) is 0.909. The summed E-state index contributed by atoms with van der Waals surface area (Å²) in [6.07, 6.45) is 2.21. The van der Waals surface area contributed by atoms with Crippen LogP contribution in [0.5, 0.6) is 0 Å². The fourth-order valence-corrected chi connectivity index (χ4v) is 2.65. The number of cyclic esters (lactones) is 1. The van der Waals surface area contributed by atoms with Crippen LogP contribution in [-0.4, -0.2) is 60.8 Å². The van der Waals surface area contributed by atoms with E-state index in [9.17, 15) is 4.79 Å². The van der Waals surface area contributed by atoms with Gasteiger partial charge in [-0.1, -0.05) is 6.92 Å². The topological polar surface area (TPSA) is 58.8 Å². The maximum Gasteiger partial charge on any atom is 0.410 e. The number of hydrogen-bond acceptors (Lipinski definition) is 4. The van der Waals surface area contributed by atoms with Gasteiger partial charge < -0.3 is 10.5 Å². The van der Waals surface area contributed by atoms with E-state index in [1.165, 1.54) is 12.8 Å². The average molecular weight is 227 g/mol. The van der Waals surface area contributed by atoms with Gasteiger partial charge in [-0.15, -0.1) is 0 Å². The third kappa shape index (κ3) is 2.15. The van der Waals surface area contributed by atoms with Crippen molar-refractivity contribution in [1.82, 2.24) is 9.80 Å². The molecule has 5 nitrogen and oxygen atoms in total. The van der Waals surface area contributed by atoms with Gasteiger partial charge in [-0.2, -0.15) is 0 Å². The van der Waals surface area contributed by atoms with E-state index in [-0.39, 0.29) is 12.1 Å². The normalized spacial score (nSPS) is 31.1. The highest BCUT2D eigenvalue weighted by Crippen LogP contribution is 2.21. The first-order valence-electron chi connectivity index (χ1n) is 6.13. The van der Waals surface area contributed by atoms with Crippen LogP contribution in [0.1, 0.15) is 19.8 Å². The summed E-state index contributed by atoms with van der Waals surface area (Å²) < 4.78 is 5.04. The number of hydrogen-bond donors (Lipinski definition) is 1. The molecule has 0 aliphatic carbocycles. The molecule has 0 radical (unpaired) electrons. The van der Waals surface area contributed by atoms with Crippen molar-refractivity contribution in [2.24, 2.45) is 5.73 Å². The van der Waals surface area contributed by atoms with Crippen molar-refractivity contribution in [1.29, 1.82) is 0 Å². The minimum Gasteiger partial charge on any atom is -0.447 e. The number of likely N-dealkylation sites (tertiary alicyclic amines) is 1. The maximum atomic E-state index is 11.6. The van der Waals surface area contributed by atoms with Gasteiger partial charge in [-0.05, 0) is 25.9 Å². The Morgan fingerprint density at radius 3 is 3.00 bits per heavy atom. The van der Waals surface area contributed by atoms with E-state index >= 15 is 0 Å². The molecule has 0 aromatic carbocycles. The van der Waals surface area contributed by atoms with Crippen LogP contribution in [-0.2, 0) is 4.74 Å². The number of likely N-dealkylation sites (N-methyl/N-ethyl adjacent to an activating group) is 1. The fourth-order valence-electron chi connectivity index (χ4n) is 2.65. The third-order valence-corrected chi connectivity index (χ3v) is 3.66. The van der Waals surface area contributed by atoms with Crippen LogP contribution >= 0.6 is 0 Å². The summed E-state index contributed by atoms with van der Waals surface area (Å²) in [5.74, 6) is 0. The first kappa shape index (κ1) is 11.7. The lowest BCUT2D eigenvalue weighted by atomic mass is 10.2. The first-order chi connectivity index (χ1) is 7.76. The van der Waals surface area contributed by atoms with E-state index in [0.717, 1.165) is 19.6 Å². The van der Waals surface area contributed by atoms with E-state index in [2.05, 4.69) is 11.8 Å². The Bertz CT molecular complexity index is 260. The van der Waals surface area contributed by atoms with E-state index in [0.29, 0.717) is 19.2 Å². The van der Waals surface area contributed by atoms with Crippen LogP contribution in [0.3, 0.4) is 0 Å². The maximum absolute atomic E-state index is 11.6. The lowest BCUT2D eigenvalue weighted by Crippen LogP contribution is -2.46. The number of ether oxygens (including phenoxy) is 1. The second kappa shape index (κ2) is 5.01. The molecule has 2 fully saturated rings. The Labute approximate surface area is 96.5 Å². The smallest absolute Gasteiger partial charge is 0.410 e. The highest BCUT2D eigenvalue weighted by atomic mass is 16.6. The molecule has 0 bridgehead atoms. The minimum absolute atomic E-state index is 0.0757. The zero-order chi connectivity index (χ0) is 11.5. The predicted molar refractivity (Wildman–Crippen MR) is 61.2 cm³/mol. The van der Waals surface area contributed by atoms with Gasteiger partial charge in [0.2, 0.25) is 0 Å². The number of amides is 1. The second-order valence-electron chi connectivity index (χ2n) is 4.54. The van der Waals surface area contributed by atoms with Crippen LogP contribution < -0.4 is 5.73 Å². The van der Waals surface area contributed by atoms with Gasteiger partial charge in [0.05, 0.1) is 6.04 Å². The molecule has 0 spiro atoms. The molecule has 92 valence electrons. The van der Waals surface area contributed by atoms with Crippen molar-refractivity contribution in [3.63, 3.8) is 0 Å². The van der Waals surface area contributed by atoms with Crippen LogP contribution in [0.2, 0.25) is 0 Å². The molecule has 16 heavy (non-hydrogen) atoms. The van der Waals surface area contributed by atoms with Crippen molar-refractivity contribution < 1.29 is 9.53 Å². The van der Waals surface area contributed by atoms with Gasteiger partial charge in [0, 0.05) is 19.1 Å². The van der Waals surface area contributed by atoms with Crippen LogP contribution in [0.4, 0.5) is 4.79 Å². The first-order valence-corrected chi connectivity index (χ1v) is 6.13. The number of nitrogens with zero attached hydrogens (tertiary/aromatic N) is 2. The van der Waals surface area contributed by atoms with Crippen molar-refractivity contribution >= 4 is 6.09 Å². The molecule has 2 unspecified atom stereocenters. The molecule has 2 saturated heterocycles. The van der Waals surface area contributed by atoms with Crippen molar-refractivity contribution in [3.8, 4) is 0 Å². The van der Waals surface area contributed by atoms with E-state index in [1.807, 2.05) is 0 Å². The minimum atomic E-state index is -0.196. The van der Waals surface area contributed by atoms with Gasteiger partial charge in [0.1, 0.15) is 6.61 Å². The lowest BCUT2D eigenvalue weighted by Gasteiger charge is -2.28. The largest absolute Gasteiger partial charge is 0.447 e. The Morgan fingerprint density at radius 2 is 2.31 bits per heavy atom. The average Bonchev–Trinajstić information content (AvgIpc) is 2.87. The van der Waals surface area contributed by atoms with E-state index < -0.39 is 0 Å². The standard InChI is InChI=1S/C11H21N3O2/c1-2-13-5-3-4-9(13)7-14-10(6-12)8-16-11(14)15/h9-10H,2-8,12H2,1H3. The van der Waals surface area contributed by atoms with Gasteiger partial charge in [0.15, 0.2) is 0 Å². The molecule has 2 N–H and O–H groups in total. The third-order valence-electron chi connectivity index (χ3n) is 3.66. The summed E-state index contributed by atoms with van der Waals surface area (Å²) in [6.45, 7) is 6.09. The molecule has 2 heterocycles. The van der Waals surface area contributed by atoms with E-state index in [1.54, 1.807) is 4.90 Å². The number of rotatable bonds is 4. The number of nitrogens with two attached hydrogens (primary N) is 1. The van der Waals surface area contributed by atoms with Gasteiger partial charge >= 0.3 is 6.09 Å². The van der Waals surface area contributed by atoms with Gasteiger partial charge in [-0.3, -0.25) is 9.80 Å². The molecule has 2 rings (SSSR count). The van der Waals surface area contributed by atoms with Crippen LogP contribution in [0, 0.1) is 0 Å². The number of carbonyl (C=O) groups is 1. The molecular formula is C11H21N3O2. The molecule has 0 aromatic rings. The zero-order valence-corrected chi connectivity index (χ0v) is 9.89. The van der Waals surface area contributed by atoms with Crippen LogP contribution in [0.15, 0.2) is 0 Å². The molecule has 2 aliphatic rings. The summed E-state index contributed by atoms with van der Waals surface area (Å²) in [5, 5.41) is 0. The molecular weight excluding hydrogens is 206 g/mol. The Kier molecular flexibility index (Phi) is 3.66. The molecule has 2 aliphatic heterocycles. The second-order valence-corrected chi connectivity index (χ2v) is 4.54. The predicted octanol–water partition coefficient (Wildman–Crippen LogP) is 0.250. The SMILES string of the molecule is CCN1CCCC1CN1C(=O)OCC1CN. The Hall–Kier alpha value is -0.810. The summed E-state index contributed by atoms with van der Waals surface area (Å²) in [4.78, 5) is 15.8. The van der Waals surface area contributed by atoms with Gasteiger partial charge in [-0.25, -0.2) is 4.79 Å². The molecule has 5 heteroatoms. The zero-order valence-electron chi connectivity index (χ0n) is 9.89. The highest BCUT2D eigenvalue weighted by Gasteiger charge is 2.35. The van der Waals surface area contributed by atoms with Gasteiger partial charge in [0.25, 0.3) is 0 Å². The number of carbonyl (C=O) groups excluding carboxylic acids is 1. The highest BCUT2D eigenvalue weighted by molar-refractivity contribution is 5.70.